The summed E-state index contributed by atoms with van der Waals surface area (Å²) in [4.78, 5) is 0. The predicted molar refractivity (Wildman–Crippen MR) is 64.0 cm³/mol. The van der Waals surface area contributed by atoms with Gasteiger partial charge in [-0.15, -0.1) is 26.3 Å². The van der Waals surface area contributed by atoms with E-state index in [1.165, 1.54) is 0 Å². The zero-order chi connectivity index (χ0) is 9.83. The molecule has 2 heteroatoms. The van der Waals surface area contributed by atoms with Crippen molar-refractivity contribution in [2.45, 2.75) is 13.1 Å². The highest BCUT2D eigenvalue weighted by atomic mass is 29.3. The van der Waals surface area contributed by atoms with Crippen LogP contribution in [0.5, 0.6) is 0 Å². The van der Waals surface area contributed by atoms with Gasteiger partial charge in [-0.05, 0) is 0 Å². The maximum atomic E-state index is 3.90. The first-order chi connectivity index (χ1) is 5.49. The van der Waals surface area contributed by atoms with Gasteiger partial charge in [-0.3, -0.25) is 0 Å². The van der Waals surface area contributed by atoms with Crippen LogP contribution in [0, 0.1) is 0 Å². The van der Waals surface area contributed by atoms with E-state index >= 15 is 0 Å². The quantitative estimate of drug-likeness (QED) is 0.590. The summed E-state index contributed by atoms with van der Waals surface area (Å²) in [7, 11) is -3.04. The zero-order valence-corrected chi connectivity index (χ0v) is 10.1. The third-order valence-corrected chi connectivity index (χ3v) is 18.0. The molecule has 0 aromatic heterocycles. The van der Waals surface area contributed by atoms with E-state index in [4.69, 9.17) is 0 Å². The summed E-state index contributed by atoms with van der Waals surface area (Å²) in [5.41, 5.74) is 8.32. The molecule has 0 unspecified atom stereocenters. The fourth-order valence-electron chi connectivity index (χ4n) is 1.05. The minimum Gasteiger partial charge on any atom is -0.107 e. The molecular formula is C10H18Si2. The molecule has 0 radical (unpaired) electrons. The van der Waals surface area contributed by atoms with Gasteiger partial charge in [0.05, 0.1) is 15.2 Å². The van der Waals surface area contributed by atoms with Crippen LogP contribution in [-0.4, -0.2) is 15.2 Å². The Hall–Kier alpha value is -0.606. The summed E-state index contributed by atoms with van der Waals surface area (Å²) in [6.07, 6.45) is 0. The van der Waals surface area contributed by atoms with E-state index in [2.05, 4.69) is 62.2 Å². The number of hydrogen-bond acceptors (Lipinski definition) is 0. The molecule has 0 aliphatic rings. The van der Waals surface area contributed by atoms with Crippen molar-refractivity contribution in [1.29, 1.82) is 0 Å². The third-order valence-electron chi connectivity index (χ3n) is 2.86. The molecule has 0 amide bonds. The first-order valence-corrected chi connectivity index (χ1v) is 10.3. The molecule has 0 aromatic carbocycles. The van der Waals surface area contributed by atoms with Crippen LogP contribution in [0.3, 0.4) is 0 Å². The van der Waals surface area contributed by atoms with Crippen molar-refractivity contribution in [1.82, 2.24) is 0 Å². The largest absolute Gasteiger partial charge is 0.107 e. The molecule has 12 heavy (non-hydrogen) atoms. The summed E-state index contributed by atoms with van der Waals surface area (Å²) in [6, 6.07) is 0. The van der Waals surface area contributed by atoms with Gasteiger partial charge in [0.25, 0.3) is 0 Å². The number of rotatable bonds is 5. The van der Waals surface area contributed by atoms with Gasteiger partial charge in [0, 0.05) is 0 Å². The van der Waals surface area contributed by atoms with Gasteiger partial charge in [0.1, 0.15) is 0 Å². The highest BCUT2D eigenvalue weighted by Crippen LogP contribution is 2.22. The average Bonchev–Trinajstić information content (AvgIpc) is 2.15. The lowest BCUT2D eigenvalue weighted by molar-refractivity contribution is 1.92. The first-order valence-electron chi connectivity index (χ1n) is 4.04. The zero-order valence-electron chi connectivity index (χ0n) is 8.14. The lowest BCUT2D eigenvalue weighted by Gasteiger charge is -2.33. The Kier molecular flexibility index (Phi) is 3.67. The number of hydrogen-bond donors (Lipinski definition) is 0. The smallest absolute Gasteiger partial charge is 0.0985 e. The molecule has 0 spiro atoms. The van der Waals surface area contributed by atoms with Gasteiger partial charge in [0.15, 0.2) is 0 Å². The van der Waals surface area contributed by atoms with Gasteiger partial charge >= 0.3 is 0 Å². The van der Waals surface area contributed by atoms with Crippen molar-refractivity contribution in [3.8, 4) is 0 Å². The van der Waals surface area contributed by atoms with Gasteiger partial charge in [-0.1, -0.05) is 35.9 Å². The van der Waals surface area contributed by atoms with E-state index in [0.29, 0.717) is 0 Å². The standard InChI is InChI=1S/C10H18Si2/c1-7-11(5,8-2)12(6,9-3)10-4/h7-10H,1-4H2,5-6H3. The minimum absolute atomic E-state index is 1.52. The molecule has 0 atom stereocenters. The van der Waals surface area contributed by atoms with E-state index < -0.39 is 15.2 Å². The second-order valence-corrected chi connectivity index (χ2v) is 16.6. The summed E-state index contributed by atoms with van der Waals surface area (Å²) >= 11 is 0. The summed E-state index contributed by atoms with van der Waals surface area (Å²) in [5, 5.41) is 0. The highest BCUT2D eigenvalue weighted by molar-refractivity contribution is 7.49. The lowest BCUT2D eigenvalue weighted by atomic mass is 11.2. The second-order valence-electron chi connectivity index (χ2n) is 3.38. The van der Waals surface area contributed by atoms with Crippen LogP contribution in [0.25, 0.3) is 0 Å². The molecule has 0 rings (SSSR count). The van der Waals surface area contributed by atoms with E-state index in [0.717, 1.165) is 0 Å². The second kappa shape index (κ2) is 3.87. The Balaban J connectivity index is 5.17. The van der Waals surface area contributed by atoms with Crippen molar-refractivity contribution in [3.05, 3.63) is 49.1 Å². The third kappa shape index (κ3) is 1.59. The molecule has 0 aliphatic heterocycles. The van der Waals surface area contributed by atoms with E-state index in [1.807, 2.05) is 0 Å². The fourth-order valence-corrected chi connectivity index (χ4v) is 8.42. The Bertz CT molecular complexity index is 176. The van der Waals surface area contributed by atoms with Gasteiger partial charge in [-0.2, -0.15) is 0 Å². The minimum atomic E-state index is -1.52. The van der Waals surface area contributed by atoms with E-state index in [1.54, 1.807) is 0 Å². The van der Waals surface area contributed by atoms with Crippen LogP contribution in [0.2, 0.25) is 13.1 Å². The van der Waals surface area contributed by atoms with Crippen LogP contribution in [0.1, 0.15) is 0 Å². The SMILES string of the molecule is C=C[Si](C)(C=C)[Si](C)(C=C)C=C. The van der Waals surface area contributed by atoms with Gasteiger partial charge < -0.3 is 0 Å². The lowest BCUT2D eigenvalue weighted by Crippen LogP contribution is -2.54. The van der Waals surface area contributed by atoms with Crippen molar-refractivity contribution < 1.29 is 0 Å². The highest BCUT2D eigenvalue weighted by Gasteiger charge is 2.39. The molecule has 0 fully saturated rings. The fraction of sp³-hybridized carbons (Fsp3) is 0.200. The Morgan fingerprint density at radius 3 is 0.917 bits per heavy atom. The maximum absolute atomic E-state index is 3.90. The molecule has 0 aromatic rings. The van der Waals surface area contributed by atoms with Crippen molar-refractivity contribution in [2.75, 3.05) is 0 Å². The van der Waals surface area contributed by atoms with Crippen molar-refractivity contribution in [3.63, 3.8) is 0 Å². The normalized spacial score (nSPS) is 11.8. The molecule has 0 bridgehead atoms. The topological polar surface area (TPSA) is 0 Å². The maximum Gasteiger partial charge on any atom is 0.0985 e. The molecule has 0 aliphatic carbocycles. The summed E-state index contributed by atoms with van der Waals surface area (Å²) in [5.74, 6) is 0. The van der Waals surface area contributed by atoms with Crippen LogP contribution >= 0.6 is 0 Å². The summed E-state index contributed by atoms with van der Waals surface area (Å²) < 4.78 is 0. The molecule has 66 valence electrons. The van der Waals surface area contributed by atoms with Crippen molar-refractivity contribution in [2.24, 2.45) is 0 Å². The van der Waals surface area contributed by atoms with Crippen LogP contribution in [0.15, 0.2) is 49.1 Å². The van der Waals surface area contributed by atoms with E-state index in [9.17, 15) is 0 Å². The molecule has 0 nitrogen and oxygen atoms in total. The van der Waals surface area contributed by atoms with Crippen LogP contribution < -0.4 is 0 Å². The van der Waals surface area contributed by atoms with Crippen molar-refractivity contribution >= 4 is 15.2 Å². The van der Waals surface area contributed by atoms with Crippen LogP contribution in [0.4, 0.5) is 0 Å². The van der Waals surface area contributed by atoms with Gasteiger partial charge in [0.2, 0.25) is 0 Å². The predicted octanol–water partition coefficient (Wildman–Crippen LogP) is 3.12. The first kappa shape index (κ1) is 11.4. The van der Waals surface area contributed by atoms with E-state index in [-0.39, 0.29) is 0 Å². The Labute approximate surface area is 77.8 Å². The Morgan fingerprint density at radius 1 is 0.667 bits per heavy atom. The molecule has 0 heterocycles. The van der Waals surface area contributed by atoms with Gasteiger partial charge in [-0.25, -0.2) is 0 Å². The molecule has 0 N–H and O–H groups in total. The molecule has 0 saturated carbocycles. The molecular weight excluding hydrogens is 176 g/mol. The average molecular weight is 194 g/mol. The monoisotopic (exact) mass is 194 g/mol. The van der Waals surface area contributed by atoms with Crippen LogP contribution in [-0.2, 0) is 0 Å². The summed E-state index contributed by atoms with van der Waals surface area (Å²) in [6.45, 7) is 20.1. The Morgan fingerprint density at radius 2 is 0.833 bits per heavy atom. The molecule has 0 saturated heterocycles.